The Kier molecular flexibility index (Phi) is 3.32. The highest BCUT2D eigenvalue weighted by Gasteiger charge is 2.20. The van der Waals surface area contributed by atoms with Crippen LogP contribution in [0.4, 0.5) is 0 Å². The standard InChI is InChI=1S/C15H14O2/c1-11-10-17-15(12(11)2)9-6-13-4-7-14(16-3)8-5-13/h4-5,7-8,15H,1-2,10H2,3H3. The van der Waals surface area contributed by atoms with Crippen LogP contribution >= 0.6 is 0 Å². The van der Waals surface area contributed by atoms with Gasteiger partial charge in [0.15, 0.2) is 0 Å². The smallest absolute Gasteiger partial charge is 0.143 e. The molecule has 86 valence electrons. The molecule has 1 atom stereocenters. The third-order valence-electron chi connectivity index (χ3n) is 2.63. The van der Waals surface area contributed by atoms with Crippen LogP contribution in [0, 0.1) is 11.8 Å². The van der Waals surface area contributed by atoms with Gasteiger partial charge in [0.05, 0.1) is 13.7 Å². The van der Waals surface area contributed by atoms with Crippen LogP contribution in [0.25, 0.3) is 0 Å². The van der Waals surface area contributed by atoms with E-state index >= 15 is 0 Å². The van der Waals surface area contributed by atoms with Crippen LogP contribution in [0.15, 0.2) is 48.6 Å². The molecule has 1 unspecified atom stereocenters. The van der Waals surface area contributed by atoms with E-state index in [2.05, 4.69) is 25.0 Å². The molecule has 1 aromatic rings. The SMILES string of the molecule is C=C1COC(C#Cc2ccc(OC)cc2)C1=C. The zero-order valence-electron chi connectivity index (χ0n) is 9.82. The van der Waals surface area contributed by atoms with E-state index in [0.717, 1.165) is 22.5 Å². The molecule has 1 fully saturated rings. The number of ether oxygens (including phenoxy) is 2. The molecular formula is C15H14O2. The molecule has 1 aliphatic heterocycles. The van der Waals surface area contributed by atoms with Crippen molar-refractivity contribution in [3.05, 3.63) is 54.1 Å². The van der Waals surface area contributed by atoms with Crippen molar-refractivity contribution in [1.82, 2.24) is 0 Å². The molecule has 2 rings (SSSR count). The lowest BCUT2D eigenvalue weighted by molar-refractivity contribution is 0.170. The molecular weight excluding hydrogens is 212 g/mol. The van der Waals surface area contributed by atoms with Crippen LogP contribution in [0.3, 0.4) is 0 Å². The van der Waals surface area contributed by atoms with E-state index in [0.29, 0.717) is 6.61 Å². The Labute approximate surface area is 102 Å². The zero-order valence-corrected chi connectivity index (χ0v) is 9.82. The summed E-state index contributed by atoms with van der Waals surface area (Å²) in [5.41, 5.74) is 2.74. The van der Waals surface area contributed by atoms with E-state index < -0.39 is 0 Å². The molecule has 1 saturated heterocycles. The van der Waals surface area contributed by atoms with Gasteiger partial charge in [0.25, 0.3) is 0 Å². The molecule has 0 aliphatic carbocycles. The predicted octanol–water partition coefficient (Wildman–Crippen LogP) is 2.56. The maximum atomic E-state index is 5.45. The molecule has 0 spiro atoms. The van der Waals surface area contributed by atoms with Gasteiger partial charge in [0, 0.05) is 5.56 Å². The van der Waals surface area contributed by atoms with Crippen molar-refractivity contribution in [2.45, 2.75) is 6.10 Å². The molecule has 1 aliphatic rings. The molecule has 17 heavy (non-hydrogen) atoms. The van der Waals surface area contributed by atoms with Crippen molar-refractivity contribution >= 4 is 0 Å². The maximum Gasteiger partial charge on any atom is 0.143 e. The largest absolute Gasteiger partial charge is 0.497 e. The van der Waals surface area contributed by atoms with Gasteiger partial charge in [0.1, 0.15) is 11.9 Å². The van der Waals surface area contributed by atoms with E-state index in [9.17, 15) is 0 Å². The summed E-state index contributed by atoms with van der Waals surface area (Å²) in [6.45, 7) is 8.29. The molecule has 0 saturated carbocycles. The number of hydrogen-bond donors (Lipinski definition) is 0. The van der Waals surface area contributed by atoms with E-state index in [4.69, 9.17) is 9.47 Å². The first kappa shape index (κ1) is 11.5. The number of methoxy groups -OCH3 is 1. The normalized spacial score (nSPS) is 18.8. The Balaban J connectivity index is 2.10. The second-order valence-corrected chi connectivity index (χ2v) is 3.82. The Morgan fingerprint density at radius 2 is 2.00 bits per heavy atom. The highest BCUT2D eigenvalue weighted by atomic mass is 16.5. The van der Waals surface area contributed by atoms with Crippen LogP contribution in [0.2, 0.25) is 0 Å². The van der Waals surface area contributed by atoms with Gasteiger partial charge in [-0.05, 0) is 35.4 Å². The molecule has 0 bridgehead atoms. The van der Waals surface area contributed by atoms with Gasteiger partial charge in [0.2, 0.25) is 0 Å². The van der Waals surface area contributed by atoms with Crippen LogP contribution in [-0.4, -0.2) is 19.8 Å². The quantitative estimate of drug-likeness (QED) is 0.685. The molecule has 0 amide bonds. The van der Waals surface area contributed by atoms with Crippen molar-refractivity contribution < 1.29 is 9.47 Å². The number of hydrogen-bond acceptors (Lipinski definition) is 2. The van der Waals surface area contributed by atoms with Crippen LogP contribution < -0.4 is 4.74 Å². The van der Waals surface area contributed by atoms with E-state index in [1.807, 2.05) is 24.3 Å². The minimum atomic E-state index is -0.218. The maximum absolute atomic E-state index is 5.45. The number of rotatable bonds is 1. The lowest BCUT2D eigenvalue weighted by atomic mass is 10.1. The third kappa shape index (κ3) is 2.58. The van der Waals surface area contributed by atoms with Crippen molar-refractivity contribution in [2.24, 2.45) is 0 Å². The van der Waals surface area contributed by atoms with Crippen molar-refractivity contribution in [1.29, 1.82) is 0 Å². The first-order valence-corrected chi connectivity index (χ1v) is 5.35. The lowest BCUT2D eigenvalue weighted by Gasteiger charge is -2.00. The second kappa shape index (κ2) is 4.90. The highest BCUT2D eigenvalue weighted by molar-refractivity contribution is 5.44. The van der Waals surface area contributed by atoms with Crippen LogP contribution in [0.5, 0.6) is 5.75 Å². The number of benzene rings is 1. The topological polar surface area (TPSA) is 18.5 Å². The first-order chi connectivity index (χ1) is 8.20. The van der Waals surface area contributed by atoms with Crippen molar-refractivity contribution in [3.8, 4) is 17.6 Å². The zero-order chi connectivity index (χ0) is 12.3. The fourth-order valence-electron chi connectivity index (χ4n) is 1.51. The summed E-state index contributed by atoms with van der Waals surface area (Å²) in [6, 6.07) is 7.59. The lowest BCUT2D eigenvalue weighted by Crippen LogP contribution is -2.02. The summed E-state index contributed by atoms with van der Waals surface area (Å²) >= 11 is 0. The van der Waals surface area contributed by atoms with E-state index in [-0.39, 0.29) is 6.10 Å². The highest BCUT2D eigenvalue weighted by Crippen LogP contribution is 2.21. The molecule has 0 aromatic heterocycles. The van der Waals surface area contributed by atoms with Gasteiger partial charge >= 0.3 is 0 Å². The molecule has 1 heterocycles. The average Bonchev–Trinajstić information content (AvgIpc) is 2.68. The molecule has 0 N–H and O–H groups in total. The molecule has 0 radical (unpaired) electrons. The van der Waals surface area contributed by atoms with Gasteiger partial charge in [-0.15, -0.1) is 0 Å². The summed E-state index contributed by atoms with van der Waals surface area (Å²) in [4.78, 5) is 0. The summed E-state index contributed by atoms with van der Waals surface area (Å²) in [5.74, 6) is 6.92. The fourth-order valence-corrected chi connectivity index (χ4v) is 1.51. The minimum absolute atomic E-state index is 0.218. The van der Waals surface area contributed by atoms with Gasteiger partial charge in [-0.3, -0.25) is 0 Å². The predicted molar refractivity (Wildman–Crippen MR) is 67.9 cm³/mol. The summed E-state index contributed by atoms with van der Waals surface area (Å²) in [7, 11) is 1.64. The average molecular weight is 226 g/mol. The van der Waals surface area contributed by atoms with Crippen molar-refractivity contribution in [3.63, 3.8) is 0 Å². The summed E-state index contributed by atoms with van der Waals surface area (Å²) < 4.78 is 10.5. The van der Waals surface area contributed by atoms with Gasteiger partial charge in [-0.25, -0.2) is 0 Å². The van der Waals surface area contributed by atoms with Crippen LogP contribution in [0.1, 0.15) is 5.56 Å². The minimum Gasteiger partial charge on any atom is -0.497 e. The fraction of sp³-hybridized carbons (Fsp3) is 0.200. The Morgan fingerprint density at radius 3 is 2.53 bits per heavy atom. The second-order valence-electron chi connectivity index (χ2n) is 3.82. The van der Waals surface area contributed by atoms with E-state index in [1.165, 1.54) is 0 Å². The summed E-state index contributed by atoms with van der Waals surface area (Å²) in [5, 5.41) is 0. The van der Waals surface area contributed by atoms with Gasteiger partial charge < -0.3 is 9.47 Å². The Hall–Kier alpha value is -1.98. The summed E-state index contributed by atoms with van der Waals surface area (Å²) in [6.07, 6.45) is -0.218. The van der Waals surface area contributed by atoms with Gasteiger partial charge in [-0.2, -0.15) is 0 Å². The monoisotopic (exact) mass is 226 g/mol. The van der Waals surface area contributed by atoms with Gasteiger partial charge in [-0.1, -0.05) is 25.0 Å². The first-order valence-electron chi connectivity index (χ1n) is 5.35. The molecule has 2 nitrogen and oxygen atoms in total. The van der Waals surface area contributed by atoms with E-state index in [1.54, 1.807) is 7.11 Å². The van der Waals surface area contributed by atoms with Crippen LogP contribution in [-0.2, 0) is 4.74 Å². The molecule has 1 aromatic carbocycles. The Bertz CT molecular complexity index is 500. The molecule has 2 heteroatoms. The Morgan fingerprint density at radius 1 is 1.29 bits per heavy atom. The van der Waals surface area contributed by atoms with Crippen molar-refractivity contribution in [2.75, 3.05) is 13.7 Å². The third-order valence-corrected chi connectivity index (χ3v) is 2.63.